The quantitative estimate of drug-likeness (QED) is 0.644. The molecule has 2 N–H and O–H groups in total. The van der Waals surface area contributed by atoms with Gasteiger partial charge in [0.25, 0.3) is 11.8 Å². The Balaban J connectivity index is 1.99. The molecule has 2 rings (SSSR count). The number of carbonyl (C=O) groups excluding carboxylic acids is 3. The second-order valence-electron chi connectivity index (χ2n) is 5.83. The van der Waals surface area contributed by atoms with Crippen LogP contribution in [-0.2, 0) is 9.53 Å². The fourth-order valence-electron chi connectivity index (χ4n) is 2.36. The number of ether oxygens (including phenoxy) is 1. The first-order valence-corrected chi connectivity index (χ1v) is 9.36. The molecule has 7 nitrogen and oxygen atoms in total. The number of hydrogen-bond acceptors (Lipinski definition) is 5. The number of carbonyl (C=O) groups is 3. The molecular formula is C19H23N3O4S. The average Bonchev–Trinajstić information content (AvgIpc) is 3.20. The molecule has 27 heavy (non-hydrogen) atoms. The summed E-state index contributed by atoms with van der Waals surface area (Å²) in [6, 6.07) is 10.2. The molecule has 0 radical (unpaired) electrons. The summed E-state index contributed by atoms with van der Waals surface area (Å²) in [6.45, 7) is 0.980. The zero-order valence-electron chi connectivity index (χ0n) is 15.4. The Bertz CT molecular complexity index is 777. The molecule has 2 aromatic rings. The van der Waals surface area contributed by atoms with Gasteiger partial charge in [-0.15, -0.1) is 11.3 Å². The van der Waals surface area contributed by atoms with Gasteiger partial charge in [0.2, 0.25) is 5.91 Å². The van der Waals surface area contributed by atoms with Gasteiger partial charge in [-0.05, 0) is 30.0 Å². The van der Waals surface area contributed by atoms with Crippen LogP contribution in [-0.4, -0.2) is 56.5 Å². The lowest BCUT2D eigenvalue weighted by atomic mass is 10.1. The zero-order chi connectivity index (χ0) is 19.6. The summed E-state index contributed by atoms with van der Waals surface area (Å²) in [7, 11) is 3.15. The summed E-state index contributed by atoms with van der Waals surface area (Å²) >= 11 is 1.32. The number of hydrogen-bond donors (Lipinski definition) is 2. The Labute approximate surface area is 162 Å². The predicted octanol–water partition coefficient (Wildman–Crippen LogP) is 2.23. The summed E-state index contributed by atoms with van der Waals surface area (Å²) in [5.74, 6) is -0.866. The van der Waals surface area contributed by atoms with Crippen LogP contribution in [0.25, 0.3) is 0 Å². The third-order valence-electron chi connectivity index (χ3n) is 3.73. The number of amides is 3. The van der Waals surface area contributed by atoms with Crippen molar-refractivity contribution in [2.45, 2.75) is 6.42 Å². The minimum absolute atomic E-state index is 0.0704. The number of nitrogens with one attached hydrogen (secondary N) is 2. The summed E-state index contributed by atoms with van der Waals surface area (Å²) in [4.78, 5) is 38.8. The van der Waals surface area contributed by atoms with Crippen molar-refractivity contribution in [2.75, 3.05) is 39.2 Å². The number of thiophene rings is 1. The molecule has 0 aliphatic rings. The maximum atomic E-state index is 12.7. The molecule has 0 spiro atoms. The smallest absolute Gasteiger partial charge is 0.265 e. The van der Waals surface area contributed by atoms with E-state index >= 15 is 0 Å². The lowest BCUT2D eigenvalue weighted by Gasteiger charge is -2.19. The van der Waals surface area contributed by atoms with Crippen LogP contribution in [0.1, 0.15) is 26.5 Å². The molecule has 1 heterocycles. The van der Waals surface area contributed by atoms with Crippen LogP contribution in [0.5, 0.6) is 0 Å². The maximum absolute atomic E-state index is 12.7. The van der Waals surface area contributed by atoms with E-state index in [0.717, 1.165) is 0 Å². The van der Waals surface area contributed by atoms with Crippen molar-refractivity contribution >= 4 is 34.7 Å². The molecule has 0 aliphatic carbocycles. The minimum Gasteiger partial charge on any atom is -0.385 e. The molecule has 0 saturated heterocycles. The van der Waals surface area contributed by atoms with Gasteiger partial charge < -0.3 is 20.3 Å². The van der Waals surface area contributed by atoms with E-state index in [1.165, 1.54) is 16.2 Å². The Morgan fingerprint density at radius 3 is 2.63 bits per heavy atom. The first-order chi connectivity index (χ1) is 13.0. The van der Waals surface area contributed by atoms with E-state index in [-0.39, 0.29) is 24.3 Å². The Hall–Kier alpha value is -2.71. The van der Waals surface area contributed by atoms with Crippen molar-refractivity contribution in [1.82, 2.24) is 10.2 Å². The van der Waals surface area contributed by atoms with Gasteiger partial charge in [0, 0.05) is 27.3 Å². The highest BCUT2D eigenvalue weighted by atomic mass is 32.1. The van der Waals surface area contributed by atoms with Gasteiger partial charge in [-0.3, -0.25) is 14.4 Å². The van der Waals surface area contributed by atoms with Crippen LogP contribution < -0.4 is 10.6 Å². The summed E-state index contributed by atoms with van der Waals surface area (Å²) in [5, 5.41) is 7.31. The van der Waals surface area contributed by atoms with E-state index in [1.807, 2.05) is 5.38 Å². The largest absolute Gasteiger partial charge is 0.385 e. The Morgan fingerprint density at radius 1 is 1.15 bits per heavy atom. The van der Waals surface area contributed by atoms with Gasteiger partial charge in [0.05, 0.1) is 22.7 Å². The van der Waals surface area contributed by atoms with E-state index in [4.69, 9.17) is 4.74 Å². The Kier molecular flexibility index (Phi) is 7.97. The van der Waals surface area contributed by atoms with Crippen LogP contribution in [0.15, 0.2) is 41.8 Å². The van der Waals surface area contributed by atoms with Gasteiger partial charge in [-0.25, -0.2) is 0 Å². The van der Waals surface area contributed by atoms with Crippen LogP contribution in [0.2, 0.25) is 0 Å². The number of nitrogens with zero attached hydrogens (tertiary/aromatic N) is 1. The second-order valence-corrected chi connectivity index (χ2v) is 6.78. The van der Waals surface area contributed by atoms with Crippen LogP contribution in [0, 0.1) is 0 Å². The highest BCUT2D eigenvalue weighted by molar-refractivity contribution is 7.12. The van der Waals surface area contributed by atoms with E-state index in [9.17, 15) is 14.4 Å². The molecule has 8 heteroatoms. The third-order valence-corrected chi connectivity index (χ3v) is 4.59. The molecule has 3 amide bonds. The Morgan fingerprint density at radius 2 is 1.93 bits per heavy atom. The SMILES string of the molecule is COCCCNC(=O)CN(C)C(=O)c1ccccc1NC(=O)c1cccs1. The van der Waals surface area contributed by atoms with Crippen molar-refractivity contribution in [3.8, 4) is 0 Å². The minimum atomic E-state index is -0.343. The fraction of sp³-hybridized carbons (Fsp3) is 0.316. The third kappa shape index (κ3) is 6.19. The number of methoxy groups -OCH3 is 1. The molecule has 144 valence electrons. The van der Waals surface area contributed by atoms with Crippen molar-refractivity contribution in [3.63, 3.8) is 0 Å². The van der Waals surface area contributed by atoms with Crippen LogP contribution in [0.3, 0.4) is 0 Å². The lowest BCUT2D eigenvalue weighted by Crippen LogP contribution is -2.39. The van der Waals surface area contributed by atoms with Crippen LogP contribution >= 0.6 is 11.3 Å². The molecule has 0 atom stereocenters. The summed E-state index contributed by atoms with van der Waals surface area (Å²) in [6.07, 6.45) is 0.706. The number of likely N-dealkylation sites (N-methyl/N-ethyl adjacent to an activating group) is 1. The number of rotatable bonds is 9. The normalized spacial score (nSPS) is 10.3. The topological polar surface area (TPSA) is 87.7 Å². The first kappa shape index (κ1) is 20.6. The average molecular weight is 389 g/mol. The zero-order valence-corrected chi connectivity index (χ0v) is 16.2. The number of benzene rings is 1. The van der Waals surface area contributed by atoms with E-state index in [0.29, 0.717) is 35.7 Å². The molecule has 1 aromatic heterocycles. The molecule has 0 aliphatic heterocycles. The van der Waals surface area contributed by atoms with E-state index < -0.39 is 0 Å². The van der Waals surface area contributed by atoms with E-state index in [2.05, 4.69) is 10.6 Å². The maximum Gasteiger partial charge on any atom is 0.265 e. The van der Waals surface area contributed by atoms with Gasteiger partial charge in [0.15, 0.2) is 0 Å². The standard InChI is InChI=1S/C19H23N3O4S/c1-22(13-17(23)20-10-6-11-26-2)19(25)14-7-3-4-8-15(14)21-18(24)16-9-5-12-27-16/h3-5,7-9,12H,6,10-11,13H2,1-2H3,(H,20,23)(H,21,24). The lowest BCUT2D eigenvalue weighted by molar-refractivity contribution is -0.121. The van der Waals surface area contributed by atoms with Crippen LogP contribution in [0.4, 0.5) is 5.69 Å². The van der Waals surface area contributed by atoms with Gasteiger partial charge in [-0.2, -0.15) is 0 Å². The monoisotopic (exact) mass is 389 g/mol. The van der Waals surface area contributed by atoms with Crippen molar-refractivity contribution in [1.29, 1.82) is 0 Å². The first-order valence-electron chi connectivity index (χ1n) is 8.48. The molecule has 1 aromatic carbocycles. The molecule has 0 saturated carbocycles. The molecular weight excluding hydrogens is 366 g/mol. The van der Waals surface area contributed by atoms with E-state index in [1.54, 1.807) is 50.6 Å². The highest BCUT2D eigenvalue weighted by Gasteiger charge is 2.19. The summed E-state index contributed by atoms with van der Waals surface area (Å²) in [5.41, 5.74) is 0.741. The predicted molar refractivity (Wildman–Crippen MR) is 105 cm³/mol. The second kappa shape index (κ2) is 10.4. The number of anilines is 1. The van der Waals surface area contributed by atoms with Crippen molar-refractivity contribution in [3.05, 3.63) is 52.2 Å². The molecule has 0 unspecified atom stereocenters. The number of para-hydroxylation sites is 1. The van der Waals surface area contributed by atoms with Gasteiger partial charge in [0.1, 0.15) is 0 Å². The van der Waals surface area contributed by atoms with Crippen molar-refractivity contribution < 1.29 is 19.1 Å². The summed E-state index contributed by atoms with van der Waals surface area (Å²) < 4.78 is 4.92. The molecule has 0 bridgehead atoms. The molecule has 0 fully saturated rings. The van der Waals surface area contributed by atoms with Crippen molar-refractivity contribution in [2.24, 2.45) is 0 Å². The fourth-order valence-corrected chi connectivity index (χ4v) is 2.98. The highest BCUT2D eigenvalue weighted by Crippen LogP contribution is 2.19. The van der Waals surface area contributed by atoms with Gasteiger partial charge in [-0.1, -0.05) is 18.2 Å². The van der Waals surface area contributed by atoms with Gasteiger partial charge >= 0.3 is 0 Å².